The smallest absolute Gasteiger partial charge is 0.125 e. The Hall–Kier alpha value is -1.76. The van der Waals surface area contributed by atoms with Crippen molar-refractivity contribution in [2.45, 2.75) is 33.6 Å². The van der Waals surface area contributed by atoms with Gasteiger partial charge in [-0.3, -0.25) is 0 Å². The van der Waals surface area contributed by atoms with Gasteiger partial charge in [-0.15, -0.1) is 0 Å². The number of benzene rings is 1. The Morgan fingerprint density at radius 1 is 1.26 bits per heavy atom. The first-order valence-electron chi connectivity index (χ1n) is 6.81. The molecule has 19 heavy (non-hydrogen) atoms. The van der Waals surface area contributed by atoms with Crippen LogP contribution in [0.2, 0.25) is 0 Å². The number of hydrogen-bond acceptors (Lipinski definition) is 1. The van der Waals surface area contributed by atoms with Crippen molar-refractivity contribution in [3.05, 3.63) is 58.7 Å². The van der Waals surface area contributed by atoms with Crippen molar-refractivity contribution in [1.82, 2.24) is 0 Å². The van der Waals surface area contributed by atoms with Crippen LogP contribution in [0.4, 0.5) is 0 Å². The molecule has 0 saturated carbocycles. The first kappa shape index (κ1) is 13.7. The zero-order valence-corrected chi connectivity index (χ0v) is 12.3. The molecule has 0 heterocycles. The van der Waals surface area contributed by atoms with E-state index in [0.717, 1.165) is 18.6 Å². The SMILES string of the molecule is CC=C(C)CC1=CCC(C)=C(OC)c2ccccc21. The number of hydrogen-bond donors (Lipinski definition) is 0. The molecule has 1 aromatic carbocycles. The molecule has 0 aromatic heterocycles. The molecule has 0 saturated heterocycles. The lowest BCUT2D eigenvalue weighted by molar-refractivity contribution is 0.366. The molecule has 0 N–H and O–H groups in total. The number of ether oxygens (including phenoxy) is 1. The van der Waals surface area contributed by atoms with E-state index in [9.17, 15) is 0 Å². The summed E-state index contributed by atoms with van der Waals surface area (Å²) in [5.74, 6) is 1.03. The quantitative estimate of drug-likeness (QED) is 0.673. The molecule has 1 nitrogen and oxygen atoms in total. The van der Waals surface area contributed by atoms with Gasteiger partial charge in [-0.05, 0) is 50.3 Å². The average molecular weight is 254 g/mol. The second kappa shape index (κ2) is 5.92. The highest BCUT2D eigenvalue weighted by molar-refractivity contribution is 5.81. The van der Waals surface area contributed by atoms with Crippen LogP contribution in [0.15, 0.2) is 47.6 Å². The van der Waals surface area contributed by atoms with E-state index in [-0.39, 0.29) is 0 Å². The summed E-state index contributed by atoms with van der Waals surface area (Å²) in [6, 6.07) is 8.53. The third-order valence-electron chi connectivity index (χ3n) is 3.73. The summed E-state index contributed by atoms with van der Waals surface area (Å²) in [6.45, 7) is 6.44. The van der Waals surface area contributed by atoms with E-state index >= 15 is 0 Å². The monoisotopic (exact) mass is 254 g/mol. The van der Waals surface area contributed by atoms with E-state index in [0.29, 0.717) is 0 Å². The molecular formula is C18H22O. The first-order chi connectivity index (χ1) is 9.17. The van der Waals surface area contributed by atoms with Crippen molar-refractivity contribution in [2.75, 3.05) is 7.11 Å². The Morgan fingerprint density at radius 3 is 2.58 bits per heavy atom. The van der Waals surface area contributed by atoms with Crippen LogP contribution in [-0.2, 0) is 4.74 Å². The number of allylic oxidation sites excluding steroid dienone is 5. The van der Waals surface area contributed by atoms with Crippen molar-refractivity contribution >= 4 is 11.3 Å². The third-order valence-corrected chi connectivity index (χ3v) is 3.73. The maximum atomic E-state index is 5.62. The molecule has 0 radical (unpaired) electrons. The van der Waals surface area contributed by atoms with Gasteiger partial charge in [0.2, 0.25) is 0 Å². The molecule has 100 valence electrons. The summed E-state index contributed by atoms with van der Waals surface area (Å²) in [5, 5.41) is 0. The van der Waals surface area contributed by atoms with E-state index < -0.39 is 0 Å². The molecule has 2 rings (SSSR count). The fourth-order valence-electron chi connectivity index (χ4n) is 2.52. The summed E-state index contributed by atoms with van der Waals surface area (Å²) in [4.78, 5) is 0. The summed E-state index contributed by atoms with van der Waals surface area (Å²) in [5.41, 5.74) is 6.62. The van der Waals surface area contributed by atoms with Crippen LogP contribution in [0, 0.1) is 0 Å². The zero-order chi connectivity index (χ0) is 13.8. The molecular weight excluding hydrogens is 232 g/mol. The van der Waals surface area contributed by atoms with Crippen LogP contribution in [0.1, 0.15) is 44.7 Å². The van der Waals surface area contributed by atoms with E-state index in [4.69, 9.17) is 4.74 Å². The van der Waals surface area contributed by atoms with Gasteiger partial charge in [0.15, 0.2) is 0 Å². The Morgan fingerprint density at radius 2 is 1.95 bits per heavy atom. The van der Waals surface area contributed by atoms with Crippen molar-refractivity contribution in [3.63, 3.8) is 0 Å². The minimum Gasteiger partial charge on any atom is -0.496 e. The van der Waals surface area contributed by atoms with Crippen LogP contribution in [0.3, 0.4) is 0 Å². The summed E-state index contributed by atoms with van der Waals surface area (Å²) in [7, 11) is 1.76. The van der Waals surface area contributed by atoms with Gasteiger partial charge in [-0.25, -0.2) is 0 Å². The maximum Gasteiger partial charge on any atom is 0.125 e. The molecule has 0 aliphatic heterocycles. The molecule has 1 aliphatic carbocycles. The predicted octanol–water partition coefficient (Wildman–Crippen LogP) is 5.21. The second-order valence-electron chi connectivity index (χ2n) is 5.10. The summed E-state index contributed by atoms with van der Waals surface area (Å²) < 4.78 is 5.62. The standard InChI is InChI=1S/C18H22O/c1-5-13(2)12-15-11-10-14(3)18(19-4)17-9-7-6-8-16(15)17/h5-9,11H,10,12H2,1-4H3. The molecule has 1 aliphatic rings. The lowest BCUT2D eigenvalue weighted by Crippen LogP contribution is -1.95. The summed E-state index contributed by atoms with van der Waals surface area (Å²) in [6.07, 6.45) is 6.50. The Bertz CT molecular complexity index is 559. The molecule has 0 amide bonds. The van der Waals surface area contributed by atoms with Gasteiger partial charge in [-0.2, -0.15) is 0 Å². The van der Waals surface area contributed by atoms with Gasteiger partial charge in [-0.1, -0.05) is 42.0 Å². The fraction of sp³-hybridized carbons (Fsp3) is 0.333. The molecule has 1 heteroatoms. The van der Waals surface area contributed by atoms with E-state index in [2.05, 4.69) is 57.2 Å². The third kappa shape index (κ3) is 2.81. The normalized spacial score (nSPS) is 15.8. The maximum absolute atomic E-state index is 5.62. The minimum absolute atomic E-state index is 0.962. The second-order valence-corrected chi connectivity index (χ2v) is 5.10. The van der Waals surface area contributed by atoms with Crippen molar-refractivity contribution < 1.29 is 4.74 Å². The van der Waals surface area contributed by atoms with Gasteiger partial charge < -0.3 is 4.74 Å². The number of methoxy groups -OCH3 is 1. The molecule has 0 atom stereocenters. The highest BCUT2D eigenvalue weighted by atomic mass is 16.5. The number of fused-ring (bicyclic) bond motifs is 1. The zero-order valence-electron chi connectivity index (χ0n) is 12.3. The van der Waals surface area contributed by atoms with E-state index in [1.807, 2.05) is 0 Å². The van der Waals surface area contributed by atoms with Crippen LogP contribution in [0.5, 0.6) is 0 Å². The highest BCUT2D eigenvalue weighted by Crippen LogP contribution is 2.35. The highest BCUT2D eigenvalue weighted by Gasteiger charge is 2.17. The number of rotatable bonds is 3. The fourth-order valence-corrected chi connectivity index (χ4v) is 2.52. The molecule has 0 unspecified atom stereocenters. The van der Waals surface area contributed by atoms with Crippen LogP contribution < -0.4 is 0 Å². The molecule has 0 bridgehead atoms. The Balaban J connectivity index is 2.52. The van der Waals surface area contributed by atoms with E-state index in [1.54, 1.807) is 7.11 Å². The minimum atomic E-state index is 0.962. The van der Waals surface area contributed by atoms with Gasteiger partial charge in [0.1, 0.15) is 5.76 Å². The predicted molar refractivity (Wildman–Crippen MR) is 82.7 cm³/mol. The Kier molecular flexibility index (Phi) is 4.26. The lowest BCUT2D eigenvalue weighted by Gasteiger charge is -2.14. The molecule has 0 spiro atoms. The Labute approximate surface area is 116 Å². The molecule has 0 fully saturated rings. The van der Waals surface area contributed by atoms with Crippen molar-refractivity contribution in [3.8, 4) is 0 Å². The van der Waals surface area contributed by atoms with Gasteiger partial charge in [0.05, 0.1) is 7.11 Å². The van der Waals surface area contributed by atoms with E-state index in [1.165, 1.54) is 27.8 Å². The largest absolute Gasteiger partial charge is 0.496 e. The average Bonchev–Trinajstić information content (AvgIpc) is 2.56. The van der Waals surface area contributed by atoms with Gasteiger partial charge in [0, 0.05) is 5.56 Å². The van der Waals surface area contributed by atoms with Gasteiger partial charge >= 0.3 is 0 Å². The van der Waals surface area contributed by atoms with Crippen LogP contribution in [-0.4, -0.2) is 7.11 Å². The first-order valence-corrected chi connectivity index (χ1v) is 6.81. The van der Waals surface area contributed by atoms with Gasteiger partial charge in [0.25, 0.3) is 0 Å². The molecule has 1 aromatic rings. The topological polar surface area (TPSA) is 9.23 Å². The van der Waals surface area contributed by atoms with Crippen molar-refractivity contribution in [1.29, 1.82) is 0 Å². The van der Waals surface area contributed by atoms with Crippen LogP contribution in [0.25, 0.3) is 11.3 Å². The van der Waals surface area contributed by atoms with Crippen molar-refractivity contribution in [2.24, 2.45) is 0 Å². The van der Waals surface area contributed by atoms with Crippen LogP contribution >= 0.6 is 0 Å². The summed E-state index contributed by atoms with van der Waals surface area (Å²) >= 11 is 0. The lowest BCUT2D eigenvalue weighted by atomic mass is 9.94.